The monoisotopic (exact) mass is 285 g/mol. The van der Waals surface area contributed by atoms with Gasteiger partial charge in [0.15, 0.2) is 0 Å². The van der Waals surface area contributed by atoms with Crippen LogP contribution in [-0.2, 0) is 11.3 Å². The molecule has 0 aliphatic carbocycles. The van der Waals surface area contributed by atoms with E-state index < -0.39 is 0 Å². The van der Waals surface area contributed by atoms with Gasteiger partial charge in [-0.2, -0.15) is 0 Å². The standard InChI is InChI=1S/C11H11NO2S3/c13-10-12(6-3-7-14-11(15)16)8-4-1-2-5-9(8)17-10/h1-2,4-5H,3,6-7H2,(H,15,16). The third kappa shape index (κ3) is 3.08. The molecule has 1 aromatic carbocycles. The van der Waals surface area contributed by atoms with Crippen LogP contribution in [0.15, 0.2) is 29.1 Å². The van der Waals surface area contributed by atoms with Gasteiger partial charge in [-0.15, -0.1) is 0 Å². The number of aromatic nitrogens is 1. The fraction of sp³-hybridized carbons (Fsp3) is 0.273. The molecule has 6 heteroatoms. The van der Waals surface area contributed by atoms with Crippen molar-refractivity contribution in [2.75, 3.05) is 6.61 Å². The van der Waals surface area contributed by atoms with Gasteiger partial charge in [0.05, 0.1) is 16.8 Å². The van der Waals surface area contributed by atoms with Gasteiger partial charge in [0.2, 0.25) is 4.38 Å². The van der Waals surface area contributed by atoms with E-state index in [1.165, 1.54) is 11.3 Å². The second-order valence-corrected chi connectivity index (χ2v) is 5.53. The van der Waals surface area contributed by atoms with Crippen LogP contribution in [0.1, 0.15) is 6.42 Å². The summed E-state index contributed by atoms with van der Waals surface area (Å²) in [6.07, 6.45) is 0.737. The number of fused-ring (bicyclic) bond motifs is 1. The second-order valence-electron chi connectivity index (χ2n) is 3.46. The number of thiazole rings is 1. The van der Waals surface area contributed by atoms with Crippen molar-refractivity contribution < 1.29 is 4.74 Å². The SMILES string of the molecule is O=c1sc2ccccc2n1CCCOC(=S)S. The third-order valence-electron chi connectivity index (χ3n) is 2.33. The Morgan fingerprint density at radius 2 is 2.24 bits per heavy atom. The predicted octanol–water partition coefficient (Wildman–Crippen LogP) is 2.68. The van der Waals surface area contributed by atoms with Crippen LogP contribution in [0.3, 0.4) is 0 Å². The van der Waals surface area contributed by atoms with Gasteiger partial charge in [0, 0.05) is 6.54 Å². The quantitative estimate of drug-likeness (QED) is 0.532. The number of thiocarbonyl (C=S) groups is 1. The molecule has 1 aromatic heterocycles. The Labute approximate surface area is 113 Å². The molecule has 0 bridgehead atoms. The van der Waals surface area contributed by atoms with Gasteiger partial charge in [0.25, 0.3) is 0 Å². The summed E-state index contributed by atoms with van der Waals surface area (Å²) in [4.78, 5) is 11.8. The summed E-state index contributed by atoms with van der Waals surface area (Å²) >= 11 is 9.82. The summed E-state index contributed by atoms with van der Waals surface area (Å²) in [6, 6.07) is 7.78. The lowest BCUT2D eigenvalue weighted by molar-refractivity contribution is 0.306. The van der Waals surface area contributed by atoms with E-state index >= 15 is 0 Å². The molecule has 0 aliphatic heterocycles. The molecule has 0 amide bonds. The summed E-state index contributed by atoms with van der Waals surface area (Å²) in [7, 11) is 0. The molecule has 2 aromatic rings. The number of hydrogen-bond donors (Lipinski definition) is 1. The van der Waals surface area contributed by atoms with Crippen LogP contribution in [0, 0.1) is 0 Å². The molecule has 0 spiro atoms. The van der Waals surface area contributed by atoms with Gasteiger partial charge in [-0.1, -0.05) is 36.1 Å². The van der Waals surface area contributed by atoms with E-state index in [1.54, 1.807) is 4.57 Å². The Morgan fingerprint density at radius 1 is 1.47 bits per heavy atom. The van der Waals surface area contributed by atoms with Crippen molar-refractivity contribution in [1.29, 1.82) is 0 Å². The van der Waals surface area contributed by atoms with Crippen molar-refractivity contribution >= 4 is 50.8 Å². The Morgan fingerprint density at radius 3 is 3.00 bits per heavy atom. The van der Waals surface area contributed by atoms with Crippen molar-refractivity contribution in [2.24, 2.45) is 0 Å². The molecule has 0 N–H and O–H groups in total. The number of hydrogen-bond acceptors (Lipinski definition) is 4. The molecule has 3 nitrogen and oxygen atoms in total. The number of nitrogens with zero attached hydrogens (tertiary/aromatic N) is 1. The van der Waals surface area contributed by atoms with Crippen LogP contribution in [0.2, 0.25) is 0 Å². The zero-order chi connectivity index (χ0) is 12.3. The average Bonchev–Trinajstić information content (AvgIpc) is 2.60. The van der Waals surface area contributed by atoms with Gasteiger partial charge in [-0.25, -0.2) is 0 Å². The van der Waals surface area contributed by atoms with Gasteiger partial charge in [-0.3, -0.25) is 9.36 Å². The summed E-state index contributed by atoms with van der Waals surface area (Å²) in [5, 5.41) is 0. The molecule has 0 fully saturated rings. The Hall–Kier alpha value is -0.850. The lowest BCUT2D eigenvalue weighted by Gasteiger charge is -2.04. The average molecular weight is 285 g/mol. The topological polar surface area (TPSA) is 31.2 Å². The maximum absolute atomic E-state index is 11.8. The van der Waals surface area contributed by atoms with Crippen molar-refractivity contribution in [3.63, 3.8) is 0 Å². The molecule has 0 saturated heterocycles. The zero-order valence-electron chi connectivity index (χ0n) is 8.96. The fourth-order valence-electron chi connectivity index (χ4n) is 1.61. The number of thiol groups is 1. The maximum Gasteiger partial charge on any atom is 0.308 e. The van der Waals surface area contributed by atoms with Crippen molar-refractivity contribution in [3.05, 3.63) is 33.9 Å². The highest BCUT2D eigenvalue weighted by Gasteiger charge is 2.05. The molecule has 0 radical (unpaired) electrons. The summed E-state index contributed by atoms with van der Waals surface area (Å²) in [5.74, 6) is 0. The van der Waals surface area contributed by atoms with E-state index in [1.807, 2.05) is 24.3 Å². The number of rotatable bonds is 4. The highest BCUT2D eigenvalue weighted by Crippen LogP contribution is 2.16. The summed E-state index contributed by atoms with van der Waals surface area (Å²) in [5.41, 5.74) is 0.982. The zero-order valence-corrected chi connectivity index (χ0v) is 11.5. The van der Waals surface area contributed by atoms with E-state index in [0.29, 0.717) is 13.2 Å². The highest BCUT2D eigenvalue weighted by molar-refractivity contribution is 8.10. The molecule has 0 atom stereocenters. The molecule has 2 rings (SSSR count). The first-order valence-corrected chi connectivity index (χ1v) is 6.80. The first-order chi connectivity index (χ1) is 8.18. The Kier molecular flexibility index (Phi) is 4.20. The normalized spacial score (nSPS) is 10.6. The maximum atomic E-state index is 11.8. The van der Waals surface area contributed by atoms with E-state index in [0.717, 1.165) is 16.6 Å². The number of ether oxygens (including phenoxy) is 1. The highest BCUT2D eigenvalue weighted by atomic mass is 32.1. The fourth-order valence-corrected chi connectivity index (χ4v) is 2.70. The number of aryl methyl sites for hydroxylation is 1. The van der Waals surface area contributed by atoms with Gasteiger partial charge < -0.3 is 4.74 Å². The molecule has 0 aliphatic rings. The number of para-hydroxylation sites is 1. The lowest BCUT2D eigenvalue weighted by atomic mass is 10.3. The molecular weight excluding hydrogens is 274 g/mol. The molecule has 17 heavy (non-hydrogen) atoms. The van der Waals surface area contributed by atoms with Crippen LogP contribution in [0.5, 0.6) is 0 Å². The van der Waals surface area contributed by atoms with E-state index in [-0.39, 0.29) is 9.26 Å². The minimum atomic E-state index is 0.0691. The summed E-state index contributed by atoms with van der Waals surface area (Å²) < 4.78 is 8.10. The predicted molar refractivity (Wildman–Crippen MR) is 78.2 cm³/mol. The smallest absolute Gasteiger partial charge is 0.308 e. The van der Waals surface area contributed by atoms with Crippen LogP contribution in [0.4, 0.5) is 0 Å². The van der Waals surface area contributed by atoms with Gasteiger partial charge >= 0.3 is 4.87 Å². The second kappa shape index (κ2) is 5.66. The van der Waals surface area contributed by atoms with Gasteiger partial charge in [0.1, 0.15) is 0 Å². The lowest BCUT2D eigenvalue weighted by Crippen LogP contribution is -2.14. The Bertz CT molecular complexity index is 588. The van der Waals surface area contributed by atoms with Crippen molar-refractivity contribution in [3.8, 4) is 0 Å². The third-order valence-corrected chi connectivity index (χ3v) is 3.53. The van der Waals surface area contributed by atoms with Crippen LogP contribution in [0.25, 0.3) is 10.2 Å². The molecule has 0 unspecified atom stereocenters. The van der Waals surface area contributed by atoms with E-state index in [9.17, 15) is 4.79 Å². The van der Waals surface area contributed by atoms with Gasteiger partial charge in [-0.05, 0) is 30.8 Å². The molecule has 90 valence electrons. The van der Waals surface area contributed by atoms with Crippen LogP contribution >= 0.6 is 36.2 Å². The first-order valence-electron chi connectivity index (χ1n) is 5.12. The van der Waals surface area contributed by atoms with E-state index in [2.05, 4.69) is 24.8 Å². The summed E-state index contributed by atoms with van der Waals surface area (Å²) in [6.45, 7) is 1.12. The largest absolute Gasteiger partial charge is 0.479 e. The van der Waals surface area contributed by atoms with Crippen LogP contribution in [-0.4, -0.2) is 15.6 Å². The Balaban J connectivity index is 2.10. The molecular formula is C11H11NO2S3. The van der Waals surface area contributed by atoms with Crippen molar-refractivity contribution in [1.82, 2.24) is 4.57 Å². The van der Waals surface area contributed by atoms with E-state index in [4.69, 9.17) is 4.74 Å². The van der Waals surface area contributed by atoms with Crippen LogP contribution < -0.4 is 4.87 Å². The minimum absolute atomic E-state index is 0.0691. The van der Waals surface area contributed by atoms with Crippen molar-refractivity contribution in [2.45, 2.75) is 13.0 Å². The first kappa shape index (κ1) is 12.6. The molecule has 0 saturated carbocycles. The minimum Gasteiger partial charge on any atom is -0.479 e. The molecule has 1 heterocycles. The number of benzene rings is 1.